The highest BCUT2D eigenvalue weighted by atomic mass is 16.5. The van der Waals surface area contributed by atoms with E-state index in [-0.39, 0.29) is 12.0 Å². The monoisotopic (exact) mass is 228 g/mol. The molecule has 0 aromatic carbocycles. The minimum atomic E-state index is -0.164. The molecule has 0 radical (unpaired) electrons. The van der Waals surface area contributed by atoms with Crippen molar-refractivity contribution in [3.8, 4) is 0 Å². The van der Waals surface area contributed by atoms with Crippen LogP contribution >= 0.6 is 0 Å². The predicted molar refractivity (Wildman–Crippen MR) is 64.4 cm³/mol. The van der Waals surface area contributed by atoms with Crippen molar-refractivity contribution in [2.24, 2.45) is 0 Å². The Labute approximate surface area is 98.3 Å². The molecule has 1 N–H and O–H groups in total. The molecule has 4 nitrogen and oxygen atoms in total. The number of hydrogen-bond donors (Lipinski definition) is 1. The van der Waals surface area contributed by atoms with Gasteiger partial charge < -0.3 is 15.0 Å². The summed E-state index contributed by atoms with van der Waals surface area (Å²) in [5.41, 5.74) is 0. The second kappa shape index (κ2) is 6.86. The number of methoxy groups -OCH3 is 1. The molecule has 1 aliphatic carbocycles. The number of ether oxygens (including phenoxy) is 1. The standard InChI is InChI=1S/C12H24N2O2/c1-4-8-14(10-5-6-10)9-7-11(13-2)12(15)16-3/h10-11,13H,4-9H2,1-3H3. The first-order valence-corrected chi connectivity index (χ1v) is 6.22. The van der Waals surface area contributed by atoms with Gasteiger partial charge in [-0.05, 0) is 39.3 Å². The number of nitrogens with one attached hydrogen (secondary N) is 1. The Balaban J connectivity index is 2.31. The SMILES string of the molecule is CCCN(CCC(NC)C(=O)OC)C1CC1. The lowest BCUT2D eigenvalue weighted by Gasteiger charge is -2.23. The van der Waals surface area contributed by atoms with Gasteiger partial charge in [-0.25, -0.2) is 0 Å². The second-order valence-corrected chi connectivity index (χ2v) is 4.42. The largest absolute Gasteiger partial charge is 0.468 e. The molecule has 0 aromatic heterocycles. The van der Waals surface area contributed by atoms with Gasteiger partial charge in [0.25, 0.3) is 0 Å². The van der Waals surface area contributed by atoms with E-state index in [1.54, 1.807) is 0 Å². The van der Waals surface area contributed by atoms with Crippen molar-refractivity contribution in [1.29, 1.82) is 0 Å². The van der Waals surface area contributed by atoms with E-state index in [1.807, 2.05) is 7.05 Å². The number of hydrogen-bond acceptors (Lipinski definition) is 4. The molecule has 4 heteroatoms. The van der Waals surface area contributed by atoms with Crippen molar-refractivity contribution < 1.29 is 9.53 Å². The fraction of sp³-hybridized carbons (Fsp3) is 0.917. The lowest BCUT2D eigenvalue weighted by atomic mass is 10.2. The Hall–Kier alpha value is -0.610. The first-order valence-electron chi connectivity index (χ1n) is 6.22. The molecule has 1 rings (SSSR count). The normalized spacial score (nSPS) is 17.5. The van der Waals surface area contributed by atoms with Crippen LogP contribution in [0.1, 0.15) is 32.6 Å². The van der Waals surface area contributed by atoms with E-state index in [1.165, 1.54) is 26.4 Å². The maximum Gasteiger partial charge on any atom is 0.322 e. The van der Waals surface area contributed by atoms with E-state index >= 15 is 0 Å². The molecule has 1 aliphatic rings. The van der Waals surface area contributed by atoms with E-state index in [9.17, 15) is 4.79 Å². The molecule has 1 saturated carbocycles. The molecule has 1 atom stereocenters. The summed E-state index contributed by atoms with van der Waals surface area (Å²) in [6.07, 6.45) is 4.66. The molecule has 0 aliphatic heterocycles. The van der Waals surface area contributed by atoms with Gasteiger partial charge in [0.05, 0.1) is 7.11 Å². The van der Waals surface area contributed by atoms with E-state index in [2.05, 4.69) is 17.1 Å². The predicted octanol–water partition coefficient (Wildman–Crippen LogP) is 1.01. The van der Waals surface area contributed by atoms with Crippen LogP contribution in [0, 0.1) is 0 Å². The van der Waals surface area contributed by atoms with Crippen molar-refractivity contribution in [3.05, 3.63) is 0 Å². The molecule has 0 heterocycles. The average Bonchev–Trinajstić information content (AvgIpc) is 3.11. The topological polar surface area (TPSA) is 41.6 Å². The zero-order valence-corrected chi connectivity index (χ0v) is 10.7. The molecule has 16 heavy (non-hydrogen) atoms. The minimum absolute atomic E-state index is 0.158. The van der Waals surface area contributed by atoms with Crippen LogP contribution in [0.4, 0.5) is 0 Å². The summed E-state index contributed by atoms with van der Waals surface area (Å²) in [5, 5.41) is 3.01. The van der Waals surface area contributed by atoms with Gasteiger partial charge in [-0.1, -0.05) is 6.92 Å². The summed E-state index contributed by atoms with van der Waals surface area (Å²) in [6, 6.07) is 0.609. The number of carbonyl (C=O) groups excluding carboxylic acids is 1. The van der Waals surface area contributed by atoms with Gasteiger partial charge in [-0.2, -0.15) is 0 Å². The third-order valence-electron chi connectivity index (χ3n) is 3.11. The van der Waals surface area contributed by atoms with Crippen molar-refractivity contribution in [1.82, 2.24) is 10.2 Å². The summed E-state index contributed by atoms with van der Waals surface area (Å²) < 4.78 is 4.75. The van der Waals surface area contributed by atoms with E-state index in [4.69, 9.17) is 4.74 Å². The maximum absolute atomic E-state index is 11.4. The van der Waals surface area contributed by atoms with Crippen molar-refractivity contribution in [2.45, 2.75) is 44.7 Å². The van der Waals surface area contributed by atoms with Crippen LogP contribution in [0.5, 0.6) is 0 Å². The van der Waals surface area contributed by atoms with Gasteiger partial charge in [-0.15, -0.1) is 0 Å². The number of likely N-dealkylation sites (N-methyl/N-ethyl adjacent to an activating group) is 1. The zero-order chi connectivity index (χ0) is 12.0. The highest BCUT2D eigenvalue weighted by Gasteiger charge is 2.29. The van der Waals surface area contributed by atoms with Crippen LogP contribution in [0.3, 0.4) is 0 Å². The van der Waals surface area contributed by atoms with Crippen LogP contribution in [0.2, 0.25) is 0 Å². The lowest BCUT2D eigenvalue weighted by Crippen LogP contribution is -2.39. The lowest BCUT2D eigenvalue weighted by molar-refractivity contribution is -0.143. The Kier molecular flexibility index (Phi) is 5.77. The minimum Gasteiger partial charge on any atom is -0.468 e. The molecule has 94 valence electrons. The van der Waals surface area contributed by atoms with Crippen LogP contribution in [-0.4, -0.2) is 50.2 Å². The summed E-state index contributed by atoms with van der Waals surface area (Å²) in [4.78, 5) is 13.9. The Bertz CT molecular complexity index is 217. The van der Waals surface area contributed by atoms with E-state index in [0.29, 0.717) is 0 Å². The highest BCUT2D eigenvalue weighted by Crippen LogP contribution is 2.27. The summed E-state index contributed by atoms with van der Waals surface area (Å²) in [7, 11) is 3.25. The Morgan fingerprint density at radius 3 is 2.62 bits per heavy atom. The fourth-order valence-corrected chi connectivity index (χ4v) is 2.02. The first-order chi connectivity index (χ1) is 7.72. The molecule has 0 spiro atoms. The van der Waals surface area contributed by atoms with Crippen LogP contribution in [-0.2, 0) is 9.53 Å². The van der Waals surface area contributed by atoms with Gasteiger partial charge in [0.2, 0.25) is 0 Å². The molecular formula is C12H24N2O2. The maximum atomic E-state index is 11.4. The van der Waals surface area contributed by atoms with Crippen molar-refractivity contribution in [3.63, 3.8) is 0 Å². The highest BCUT2D eigenvalue weighted by molar-refractivity contribution is 5.75. The Morgan fingerprint density at radius 2 is 2.19 bits per heavy atom. The summed E-state index contributed by atoms with van der Waals surface area (Å²) in [6.45, 7) is 4.33. The smallest absolute Gasteiger partial charge is 0.322 e. The van der Waals surface area contributed by atoms with Crippen LogP contribution in [0.15, 0.2) is 0 Å². The van der Waals surface area contributed by atoms with Gasteiger partial charge in [-0.3, -0.25) is 4.79 Å². The third-order valence-corrected chi connectivity index (χ3v) is 3.11. The molecule has 1 unspecified atom stereocenters. The number of rotatable bonds is 8. The molecule has 1 fully saturated rings. The number of carbonyl (C=O) groups is 1. The fourth-order valence-electron chi connectivity index (χ4n) is 2.02. The van der Waals surface area contributed by atoms with Gasteiger partial charge >= 0.3 is 5.97 Å². The van der Waals surface area contributed by atoms with Crippen LogP contribution < -0.4 is 5.32 Å². The third kappa shape index (κ3) is 4.10. The second-order valence-electron chi connectivity index (χ2n) is 4.42. The Morgan fingerprint density at radius 1 is 1.50 bits per heavy atom. The number of nitrogens with zero attached hydrogens (tertiary/aromatic N) is 1. The molecule has 0 amide bonds. The van der Waals surface area contributed by atoms with Gasteiger partial charge in [0.1, 0.15) is 6.04 Å². The molecule has 0 bridgehead atoms. The number of esters is 1. The van der Waals surface area contributed by atoms with Gasteiger partial charge in [0.15, 0.2) is 0 Å². The first kappa shape index (κ1) is 13.5. The molecule has 0 aromatic rings. The zero-order valence-electron chi connectivity index (χ0n) is 10.7. The summed E-state index contributed by atoms with van der Waals surface area (Å²) >= 11 is 0. The van der Waals surface area contributed by atoms with Crippen molar-refractivity contribution in [2.75, 3.05) is 27.2 Å². The van der Waals surface area contributed by atoms with Crippen LogP contribution in [0.25, 0.3) is 0 Å². The quantitative estimate of drug-likeness (QED) is 0.630. The summed E-state index contributed by atoms with van der Waals surface area (Å²) in [5.74, 6) is -0.158. The molecule has 0 saturated heterocycles. The van der Waals surface area contributed by atoms with E-state index in [0.717, 1.165) is 25.6 Å². The van der Waals surface area contributed by atoms with E-state index < -0.39 is 0 Å². The van der Waals surface area contributed by atoms with Gasteiger partial charge in [0, 0.05) is 12.6 Å². The van der Waals surface area contributed by atoms with Crippen molar-refractivity contribution >= 4 is 5.97 Å². The molecular weight excluding hydrogens is 204 g/mol. The average molecular weight is 228 g/mol.